The number of esters is 1. The number of hydrogen-bond acceptors (Lipinski definition) is 4. The zero-order chi connectivity index (χ0) is 19.8. The highest BCUT2D eigenvalue weighted by molar-refractivity contribution is 5.81. The van der Waals surface area contributed by atoms with Crippen LogP contribution in [0, 0.1) is 13.8 Å². The normalized spacial score (nSPS) is 18.7. The number of aryl methyl sites for hydroxylation is 2. The Morgan fingerprint density at radius 2 is 1.86 bits per heavy atom. The van der Waals surface area contributed by atoms with E-state index in [4.69, 9.17) is 9.15 Å². The Labute approximate surface area is 163 Å². The fourth-order valence-corrected chi connectivity index (χ4v) is 4.11. The summed E-state index contributed by atoms with van der Waals surface area (Å²) in [5.41, 5.74) is 5.78. The number of ether oxygens (including phenoxy) is 1. The fourth-order valence-electron chi connectivity index (χ4n) is 4.11. The van der Waals surface area contributed by atoms with E-state index in [1.807, 2.05) is 32.0 Å². The number of hydrogen-bond donors (Lipinski definition) is 1. The molecule has 1 aliphatic heterocycles. The van der Waals surface area contributed by atoms with Gasteiger partial charge in [-0.25, -0.2) is 9.59 Å². The van der Waals surface area contributed by atoms with Crippen molar-refractivity contribution in [2.24, 2.45) is 0 Å². The summed E-state index contributed by atoms with van der Waals surface area (Å²) in [5, 5.41) is 0.928. The molecule has 0 spiro atoms. The van der Waals surface area contributed by atoms with E-state index in [2.05, 4.69) is 18.2 Å². The number of quaternary nitrogens is 1. The Morgan fingerprint density at radius 3 is 2.61 bits per heavy atom. The number of carbonyl (C=O) groups is 1. The summed E-state index contributed by atoms with van der Waals surface area (Å²) in [6.45, 7) is 5.31. The van der Waals surface area contributed by atoms with Crippen molar-refractivity contribution >= 4 is 16.9 Å². The van der Waals surface area contributed by atoms with E-state index in [9.17, 15) is 9.59 Å². The second-order valence-corrected chi connectivity index (χ2v) is 7.58. The predicted octanol–water partition coefficient (Wildman–Crippen LogP) is 2.09. The molecule has 0 amide bonds. The van der Waals surface area contributed by atoms with Crippen LogP contribution in [0.1, 0.15) is 27.8 Å². The van der Waals surface area contributed by atoms with Gasteiger partial charge in [0.1, 0.15) is 18.7 Å². The van der Waals surface area contributed by atoms with Crippen LogP contribution in [-0.4, -0.2) is 19.1 Å². The molecule has 2 aromatic carbocycles. The van der Waals surface area contributed by atoms with Gasteiger partial charge in [0.15, 0.2) is 6.04 Å². The Morgan fingerprint density at radius 1 is 1.14 bits per heavy atom. The lowest BCUT2D eigenvalue weighted by molar-refractivity contribution is -0.945. The molecule has 5 heteroatoms. The molecule has 2 atom stereocenters. The van der Waals surface area contributed by atoms with Crippen LogP contribution >= 0.6 is 0 Å². The van der Waals surface area contributed by atoms with E-state index < -0.39 is 0 Å². The monoisotopic (exact) mass is 378 g/mol. The lowest BCUT2D eigenvalue weighted by Gasteiger charge is -2.32. The highest BCUT2D eigenvalue weighted by Crippen LogP contribution is 2.22. The van der Waals surface area contributed by atoms with Crippen molar-refractivity contribution in [3.8, 4) is 0 Å². The Balaban J connectivity index is 1.77. The first kappa shape index (κ1) is 18.4. The molecular weight excluding hydrogens is 354 g/mol. The van der Waals surface area contributed by atoms with Gasteiger partial charge in [0.25, 0.3) is 0 Å². The zero-order valence-electron chi connectivity index (χ0n) is 16.4. The number of benzene rings is 2. The minimum absolute atomic E-state index is 0.219. The largest absolute Gasteiger partial charge is 0.465 e. The molecule has 1 unspecified atom stereocenters. The van der Waals surface area contributed by atoms with Crippen LogP contribution in [0.5, 0.6) is 0 Å². The second-order valence-electron chi connectivity index (χ2n) is 7.58. The number of carbonyl (C=O) groups excluding carboxylic acids is 1. The molecule has 4 rings (SSSR count). The molecule has 0 saturated carbocycles. The summed E-state index contributed by atoms with van der Waals surface area (Å²) in [6, 6.07) is 13.4. The molecule has 0 fully saturated rings. The number of fused-ring (bicyclic) bond motifs is 2. The van der Waals surface area contributed by atoms with Crippen LogP contribution in [0.4, 0.5) is 0 Å². The van der Waals surface area contributed by atoms with Gasteiger partial charge in [0.2, 0.25) is 0 Å². The van der Waals surface area contributed by atoms with Crippen LogP contribution < -0.4 is 10.5 Å². The van der Waals surface area contributed by atoms with Crippen molar-refractivity contribution in [1.82, 2.24) is 0 Å². The first-order valence-electron chi connectivity index (χ1n) is 9.49. The van der Waals surface area contributed by atoms with E-state index in [1.165, 1.54) is 18.2 Å². The summed E-state index contributed by atoms with van der Waals surface area (Å²) in [6.07, 6.45) is 0.635. The summed E-state index contributed by atoms with van der Waals surface area (Å²) >= 11 is 0. The van der Waals surface area contributed by atoms with Crippen LogP contribution in [-0.2, 0) is 29.0 Å². The first-order chi connectivity index (χ1) is 13.5. The lowest BCUT2D eigenvalue weighted by Crippen LogP contribution is -3.15. The SMILES string of the molecule is COC(=O)[C@@H]1Cc2ccccc2C[NH+]1Cc1cc(=O)oc2cc(C)c(C)cc12. The molecular formula is C23H24NO4+. The second kappa shape index (κ2) is 7.24. The molecule has 5 nitrogen and oxygen atoms in total. The van der Waals surface area contributed by atoms with Gasteiger partial charge in [-0.3, -0.25) is 0 Å². The molecule has 1 aliphatic rings. The zero-order valence-corrected chi connectivity index (χ0v) is 16.4. The third kappa shape index (κ3) is 3.34. The van der Waals surface area contributed by atoms with Crippen molar-refractivity contribution in [2.75, 3.05) is 7.11 Å². The minimum atomic E-state index is -0.364. The van der Waals surface area contributed by atoms with Gasteiger partial charge in [-0.1, -0.05) is 24.3 Å². The number of nitrogens with one attached hydrogen (secondary N) is 1. The molecule has 144 valence electrons. The molecule has 0 bridgehead atoms. The third-order valence-corrected chi connectivity index (χ3v) is 5.80. The maximum Gasteiger partial charge on any atom is 0.365 e. The maximum atomic E-state index is 12.5. The summed E-state index contributed by atoms with van der Waals surface area (Å²) < 4.78 is 10.5. The summed E-state index contributed by atoms with van der Waals surface area (Å²) in [7, 11) is 1.43. The molecule has 1 aromatic heterocycles. The van der Waals surface area contributed by atoms with Crippen LogP contribution in [0.2, 0.25) is 0 Å². The van der Waals surface area contributed by atoms with Gasteiger partial charge in [0.05, 0.1) is 7.11 Å². The highest BCUT2D eigenvalue weighted by Gasteiger charge is 2.36. The molecule has 1 N–H and O–H groups in total. The smallest absolute Gasteiger partial charge is 0.365 e. The lowest BCUT2D eigenvalue weighted by atomic mass is 9.93. The topological polar surface area (TPSA) is 61.0 Å². The number of methoxy groups -OCH3 is 1. The van der Waals surface area contributed by atoms with Gasteiger partial charge in [-0.15, -0.1) is 0 Å². The molecule has 2 heterocycles. The Kier molecular flexibility index (Phi) is 4.77. The predicted molar refractivity (Wildman–Crippen MR) is 106 cm³/mol. The standard InChI is InChI=1S/C23H23NO4/c1-14-8-19-18(11-22(25)28-21(19)9-15(14)2)13-24-12-17-7-5-4-6-16(17)10-20(24)23(26)27-3/h4-9,11,20H,10,12-13H2,1-3H3/p+1/t20-/m0/s1. The van der Waals surface area contributed by atoms with Crippen LogP contribution in [0.15, 0.2) is 51.7 Å². The van der Waals surface area contributed by atoms with Gasteiger partial charge in [-0.2, -0.15) is 0 Å². The van der Waals surface area contributed by atoms with Crippen LogP contribution in [0.3, 0.4) is 0 Å². The average molecular weight is 378 g/mol. The molecule has 3 aromatic rings. The molecule has 0 aliphatic carbocycles. The molecule has 0 saturated heterocycles. The van der Waals surface area contributed by atoms with Crippen molar-refractivity contribution in [3.63, 3.8) is 0 Å². The van der Waals surface area contributed by atoms with E-state index >= 15 is 0 Å². The van der Waals surface area contributed by atoms with E-state index in [0.29, 0.717) is 25.1 Å². The fraction of sp³-hybridized carbons (Fsp3) is 0.304. The van der Waals surface area contributed by atoms with Crippen molar-refractivity contribution in [1.29, 1.82) is 0 Å². The van der Waals surface area contributed by atoms with Crippen molar-refractivity contribution in [3.05, 3.63) is 80.7 Å². The summed E-state index contributed by atoms with van der Waals surface area (Å²) in [4.78, 5) is 25.7. The van der Waals surface area contributed by atoms with Crippen LogP contribution in [0.25, 0.3) is 11.0 Å². The first-order valence-corrected chi connectivity index (χ1v) is 9.49. The van der Waals surface area contributed by atoms with E-state index in [0.717, 1.165) is 27.0 Å². The van der Waals surface area contributed by atoms with E-state index in [-0.39, 0.29) is 17.6 Å². The van der Waals surface area contributed by atoms with Crippen molar-refractivity contribution < 1.29 is 18.8 Å². The Bertz CT molecular complexity index is 1120. The highest BCUT2D eigenvalue weighted by atomic mass is 16.5. The molecule has 0 radical (unpaired) electrons. The van der Waals surface area contributed by atoms with E-state index in [1.54, 1.807) is 6.07 Å². The van der Waals surface area contributed by atoms with Gasteiger partial charge < -0.3 is 14.1 Å². The molecule has 28 heavy (non-hydrogen) atoms. The van der Waals surface area contributed by atoms with Gasteiger partial charge in [-0.05, 0) is 42.7 Å². The third-order valence-electron chi connectivity index (χ3n) is 5.80. The minimum Gasteiger partial charge on any atom is -0.465 e. The summed E-state index contributed by atoms with van der Waals surface area (Å²) in [5.74, 6) is -0.219. The number of rotatable bonds is 3. The average Bonchev–Trinajstić information content (AvgIpc) is 2.68. The van der Waals surface area contributed by atoms with Crippen molar-refractivity contribution in [2.45, 2.75) is 39.4 Å². The van der Waals surface area contributed by atoms with Gasteiger partial charge in [0, 0.05) is 29.0 Å². The maximum absolute atomic E-state index is 12.5. The van der Waals surface area contributed by atoms with Gasteiger partial charge >= 0.3 is 11.6 Å². The quantitative estimate of drug-likeness (QED) is 0.560. The Hall–Kier alpha value is -2.92.